The number of benzene rings is 1. The molecule has 1 aliphatic carbocycles. The highest BCUT2D eigenvalue weighted by molar-refractivity contribution is 6.31. The van der Waals surface area contributed by atoms with Gasteiger partial charge in [-0.2, -0.15) is 0 Å². The summed E-state index contributed by atoms with van der Waals surface area (Å²) < 4.78 is 0. The maximum Gasteiger partial charge on any atom is 0.251 e. The highest BCUT2D eigenvalue weighted by Crippen LogP contribution is 2.36. The van der Waals surface area contributed by atoms with Crippen LogP contribution < -0.4 is 10.6 Å². The van der Waals surface area contributed by atoms with E-state index in [0.717, 1.165) is 29.9 Å². The SMILES string of the molecule is CNc1cc(C2CC(NC(=O)c3ccc(Cl)c(C)c3)C2)ncn1. The Balaban J connectivity index is 1.57. The van der Waals surface area contributed by atoms with Crippen LogP contribution in [-0.4, -0.2) is 29.0 Å². The van der Waals surface area contributed by atoms with Crippen molar-refractivity contribution < 1.29 is 4.79 Å². The lowest BCUT2D eigenvalue weighted by Crippen LogP contribution is -2.43. The topological polar surface area (TPSA) is 66.9 Å². The molecule has 0 spiro atoms. The second-order valence-corrected chi connectivity index (χ2v) is 6.29. The Morgan fingerprint density at radius 2 is 2.04 bits per heavy atom. The van der Waals surface area contributed by atoms with Crippen LogP contribution in [0.5, 0.6) is 0 Å². The fourth-order valence-corrected chi connectivity index (χ4v) is 2.88. The van der Waals surface area contributed by atoms with E-state index in [-0.39, 0.29) is 11.9 Å². The largest absolute Gasteiger partial charge is 0.373 e. The van der Waals surface area contributed by atoms with E-state index in [1.54, 1.807) is 18.5 Å². The van der Waals surface area contributed by atoms with Crippen LogP contribution in [0.1, 0.15) is 40.4 Å². The molecule has 120 valence electrons. The fourth-order valence-electron chi connectivity index (χ4n) is 2.76. The van der Waals surface area contributed by atoms with Crippen molar-refractivity contribution in [1.29, 1.82) is 0 Å². The second-order valence-electron chi connectivity index (χ2n) is 5.88. The van der Waals surface area contributed by atoms with Gasteiger partial charge in [0.1, 0.15) is 12.1 Å². The number of hydrogen-bond acceptors (Lipinski definition) is 4. The molecule has 2 N–H and O–H groups in total. The molecule has 23 heavy (non-hydrogen) atoms. The number of rotatable bonds is 4. The Kier molecular flexibility index (Phi) is 4.48. The summed E-state index contributed by atoms with van der Waals surface area (Å²) in [4.78, 5) is 20.7. The minimum absolute atomic E-state index is 0.0492. The number of anilines is 1. The smallest absolute Gasteiger partial charge is 0.251 e. The lowest BCUT2D eigenvalue weighted by Gasteiger charge is -2.35. The van der Waals surface area contributed by atoms with Gasteiger partial charge in [-0.15, -0.1) is 0 Å². The van der Waals surface area contributed by atoms with Crippen molar-refractivity contribution in [2.24, 2.45) is 0 Å². The summed E-state index contributed by atoms with van der Waals surface area (Å²) in [5, 5.41) is 6.76. The first-order valence-electron chi connectivity index (χ1n) is 7.63. The van der Waals surface area contributed by atoms with Crippen LogP contribution in [0.2, 0.25) is 5.02 Å². The number of nitrogens with one attached hydrogen (secondary N) is 2. The van der Waals surface area contributed by atoms with Gasteiger partial charge >= 0.3 is 0 Å². The van der Waals surface area contributed by atoms with Crippen LogP contribution in [0.4, 0.5) is 5.82 Å². The minimum atomic E-state index is -0.0492. The van der Waals surface area contributed by atoms with Crippen LogP contribution in [0.3, 0.4) is 0 Å². The molecule has 0 unspecified atom stereocenters. The average molecular weight is 331 g/mol. The lowest BCUT2D eigenvalue weighted by molar-refractivity contribution is 0.0908. The first-order chi connectivity index (χ1) is 11.1. The summed E-state index contributed by atoms with van der Waals surface area (Å²) in [6, 6.07) is 7.49. The van der Waals surface area contributed by atoms with Gasteiger partial charge in [0.25, 0.3) is 5.91 Å². The summed E-state index contributed by atoms with van der Waals surface area (Å²) in [6.45, 7) is 1.90. The van der Waals surface area contributed by atoms with Crippen molar-refractivity contribution in [2.75, 3.05) is 12.4 Å². The molecule has 0 atom stereocenters. The molecule has 1 saturated carbocycles. The Bertz CT molecular complexity index is 728. The Labute approximate surface area is 140 Å². The van der Waals surface area contributed by atoms with Gasteiger partial charge in [-0.05, 0) is 43.5 Å². The van der Waals surface area contributed by atoms with E-state index in [1.165, 1.54) is 0 Å². The molecule has 0 radical (unpaired) electrons. The molecule has 1 aliphatic rings. The van der Waals surface area contributed by atoms with Gasteiger partial charge in [0.2, 0.25) is 0 Å². The molecule has 0 bridgehead atoms. The Hall–Kier alpha value is -2.14. The van der Waals surface area contributed by atoms with Gasteiger partial charge in [0, 0.05) is 41.4 Å². The molecular formula is C17H19ClN4O. The lowest BCUT2D eigenvalue weighted by atomic mass is 9.78. The van der Waals surface area contributed by atoms with Crippen molar-refractivity contribution in [3.63, 3.8) is 0 Å². The molecule has 2 aromatic rings. The van der Waals surface area contributed by atoms with Gasteiger partial charge in [0.15, 0.2) is 0 Å². The molecule has 0 aliphatic heterocycles. The maximum atomic E-state index is 12.3. The van der Waals surface area contributed by atoms with Gasteiger partial charge in [-0.25, -0.2) is 9.97 Å². The molecular weight excluding hydrogens is 312 g/mol. The average Bonchev–Trinajstić information content (AvgIpc) is 2.52. The molecule has 1 amide bonds. The van der Waals surface area contributed by atoms with E-state index in [0.29, 0.717) is 16.5 Å². The molecule has 1 fully saturated rings. The number of hydrogen-bond donors (Lipinski definition) is 2. The van der Waals surface area contributed by atoms with Gasteiger partial charge < -0.3 is 10.6 Å². The third kappa shape index (κ3) is 3.45. The van der Waals surface area contributed by atoms with Crippen LogP contribution >= 0.6 is 11.6 Å². The van der Waals surface area contributed by atoms with Crippen LogP contribution in [0, 0.1) is 6.92 Å². The number of aromatic nitrogens is 2. The van der Waals surface area contributed by atoms with E-state index in [1.807, 2.05) is 26.1 Å². The predicted molar refractivity (Wildman–Crippen MR) is 91.0 cm³/mol. The third-order valence-corrected chi connectivity index (χ3v) is 4.68. The van der Waals surface area contributed by atoms with Crippen molar-refractivity contribution in [2.45, 2.75) is 31.7 Å². The van der Waals surface area contributed by atoms with Gasteiger partial charge in [-0.1, -0.05) is 11.6 Å². The number of carbonyl (C=O) groups excluding carboxylic acids is 1. The first kappa shape index (κ1) is 15.7. The highest BCUT2D eigenvalue weighted by Gasteiger charge is 2.32. The minimum Gasteiger partial charge on any atom is -0.373 e. The number of aryl methyl sites for hydroxylation is 1. The summed E-state index contributed by atoms with van der Waals surface area (Å²) in [5.41, 5.74) is 2.58. The second kappa shape index (κ2) is 6.54. The van der Waals surface area contributed by atoms with Gasteiger partial charge in [-0.3, -0.25) is 4.79 Å². The predicted octanol–water partition coefficient (Wildman–Crippen LogP) is 3.16. The first-order valence-corrected chi connectivity index (χ1v) is 8.01. The number of halogens is 1. The standard InChI is InChI=1S/C17H19ClN4O/c1-10-5-11(3-4-14(10)18)17(23)22-13-6-12(7-13)15-8-16(19-2)21-9-20-15/h3-5,8-9,12-13H,6-7H2,1-2H3,(H,22,23)(H,19,20,21). The molecule has 6 heteroatoms. The zero-order chi connectivity index (χ0) is 16.4. The molecule has 5 nitrogen and oxygen atoms in total. The molecule has 0 saturated heterocycles. The zero-order valence-corrected chi connectivity index (χ0v) is 13.9. The quantitative estimate of drug-likeness (QED) is 0.903. The summed E-state index contributed by atoms with van der Waals surface area (Å²) in [5.74, 6) is 1.15. The number of amides is 1. The maximum absolute atomic E-state index is 12.3. The number of nitrogens with zero attached hydrogens (tertiary/aromatic N) is 2. The van der Waals surface area contributed by atoms with Crippen LogP contribution in [0.15, 0.2) is 30.6 Å². The Morgan fingerprint density at radius 3 is 2.74 bits per heavy atom. The van der Waals surface area contributed by atoms with E-state index in [2.05, 4.69) is 20.6 Å². The van der Waals surface area contributed by atoms with Crippen molar-refractivity contribution in [1.82, 2.24) is 15.3 Å². The van der Waals surface area contributed by atoms with Crippen LogP contribution in [-0.2, 0) is 0 Å². The van der Waals surface area contributed by atoms with Crippen molar-refractivity contribution >= 4 is 23.3 Å². The molecule has 1 heterocycles. The third-order valence-electron chi connectivity index (χ3n) is 4.26. The monoisotopic (exact) mass is 330 g/mol. The van der Waals surface area contributed by atoms with Crippen molar-refractivity contribution in [3.05, 3.63) is 52.4 Å². The number of carbonyl (C=O) groups is 1. The zero-order valence-electron chi connectivity index (χ0n) is 13.1. The summed E-state index contributed by atoms with van der Waals surface area (Å²) in [6.07, 6.45) is 3.38. The Morgan fingerprint density at radius 1 is 1.26 bits per heavy atom. The van der Waals surface area contributed by atoms with E-state index < -0.39 is 0 Å². The van der Waals surface area contributed by atoms with Crippen LogP contribution in [0.25, 0.3) is 0 Å². The molecule has 1 aromatic carbocycles. The summed E-state index contributed by atoms with van der Waals surface area (Å²) in [7, 11) is 1.84. The van der Waals surface area contributed by atoms with E-state index in [4.69, 9.17) is 11.6 Å². The van der Waals surface area contributed by atoms with E-state index in [9.17, 15) is 4.79 Å². The molecule has 1 aromatic heterocycles. The molecule has 3 rings (SSSR count). The normalized spacial score (nSPS) is 19.8. The van der Waals surface area contributed by atoms with Crippen molar-refractivity contribution in [3.8, 4) is 0 Å². The van der Waals surface area contributed by atoms with E-state index >= 15 is 0 Å². The van der Waals surface area contributed by atoms with Gasteiger partial charge in [0.05, 0.1) is 0 Å². The fraction of sp³-hybridized carbons (Fsp3) is 0.353. The highest BCUT2D eigenvalue weighted by atomic mass is 35.5. The summed E-state index contributed by atoms with van der Waals surface area (Å²) >= 11 is 5.99.